The first-order chi connectivity index (χ1) is 28.6. The van der Waals surface area contributed by atoms with Crippen molar-refractivity contribution < 1.29 is 48.0 Å². The van der Waals surface area contributed by atoms with Crippen molar-refractivity contribution in [1.82, 2.24) is 9.13 Å². The molecule has 338 valence electrons. The topological polar surface area (TPSA) is 141 Å². The number of ketones is 1. The van der Waals surface area contributed by atoms with E-state index in [2.05, 4.69) is 41.5 Å². The van der Waals surface area contributed by atoms with Crippen molar-refractivity contribution in [3.63, 3.8) is 0 Å². The fraction of sp³-hybridized carbons (Fsp3) is 0.542. The van der Waals surface area contributed by atoms with Crippen LogP contribution < -0.4 is 14.2 Å². The van der Waals surface area contributed by atoms with Crippen molar-refractivity contribution in [3.8, 4) is 28.4 Å². The molecule has 0 aliphatic carbocycles. The molecule has 0 bridgehead atoms. The molecule has 4 atom stereocenters. The van der Waals surface area contributed by atoms with Gasteiger partial charge in [-0.1, -0.05) is 72.7 Å². The van der Waals surface area contributed by atoms with Crippen molar-refractivity contribution in [2.75, 3.05) is 33.9 Å². The summed E-state index contributed by atoms with van der Waals surface area (Å²) in [5, 5.41) is 9.53. The number of benzene rings is 3. The van der Waals surface area contributed by atoms with Crippen molar-refractivity contribution in [2.45, 2.75) is 118 Å². The third kappa shape index (κ3) is 10.1. The molecule has 0 spiro atoms. The van der Waals surface area contributed by atoms with Gasteiger partial charge in [0.05, 0.1) is 38.9 Å². The summed E-state index contributed by atoms with van der Waals surface area (Å²) < 4.78 is 34.8. The van der Waals surface area contributed by atoms with Gasteiger partial charge in [0.1, 0.15) is 48.1 Å². The summed E-state index contributed by atoms with van der Waals surface area (Å²) in [6.07, 6.45) is 1.05. The fourth-order valence-corrected chi connectivity index (χ4v) is 9.59. The lowest BCUT2D eigenvalue weighted by molar-refractivity contribution is -0.167. The maximum Gasteiger partial charge on any atom is 0.325 e. The number of rotatable bonds is 16. The number of carboxylic acids is 1. The number of esters is 2. The Bertz CT molecular complexity index is 2160. The third-order valence-corrected chi connectivity index (χ3v) is 14.6. The highest BCUT2D eigenvalue weighted by Crippen LogP contribution is 2.45. The molecule has 5 rings (SSSR count). The zero-order valence-corrected chi connectivity index (χ0v) is 43.5. The zero-order chi connectivity index (χ0) is 46.3. The van der Waals surface area contributed by atoms with E-state index in [9.17, 15) is 19.5 Å². The standard InChI is InChI=1S/C48H68N2O10Si2/c1-28-19-37-39(30(3)38(28)32-16-14-15-31(20-32)22-56-33-17-18-34-35(29(2)41(52)53)23-57-36(34)21-33)40(51)48(60-37,26-58-42(54)46(10,49(12)61)24-44(4,5)6)27-59-43(55)47(11,50(13)62)25-45(7,8)9/h14-21,29,35H,22-27H2,1-13,61-62H3,(H,52,53)/t29?,35-,46?,47?,48?/m0/s1. The minimum Gasteiger partial charge on any atom is -0.492 e. The predicted molar refractivity (Wildman–Crippen MR) is 247 cm³/mol. The molecule has 0 radical (unpaired) electrons. The van der Waals surface area contributed by atoms with Crippen molar-refractivity contribution >= 4 is 44.5 Å². The average Bonchev–Trinajstić information content (AvgIpc) is 3.71. The summed E-state index contributed by atoms with van der Waals surface area (Å²) in [7, 11) is 4.98. The van der Waals surface area contributed by atoms with E-state index in [1.54, 1.807) is 13.0 Å². The lowest BCUT2D eigenvalue weighted by Gasteiger charge is -2.40. The molecule has 1 N–H and O–H groups in total. The maximum atomic E-state index is 15.0. The monoisotopic (exact) mass is 888 g/mol. The van der Waals surface area contributed by atoms with Crippen LogP contribution >= 0.6 is 0 Å². The lowest BCUT2D eigenvalue weighted by Crippen LogP contribution is -2.57. The molecule has 0 saturated carbocycles. The van der Waals surface area contributed by atoms with Gasteiger partial charge in [-0.05, 0) is 111 Å². The molecule has 3 aromatic rings. The molecule has 0 fully saturated rings. The van der Waals surface area contributed by atoms with Gasteiger partial charge in [-0.3, -0.25) is 19.2 Å². The van der Waals surface area contributed by atoms with E-state index in [-0.39, 0.29) is 23.4 Å². The Morgan fingerprint density at radius 3 is 1.92 bits per heavy atom. The Kier molecular flexibility index (Phi) is 14.0. The SMILES string of the molecule is Cc1cc2c(c(C)c1-c1cccc(COc3ccc4c(c3)OC[C@H]4C(C)C(=O)O)c1)C(=O)C(COC(=O)C(C)(CC(C)(C)C)N(C)[SiH3])(COC(=O)C(C)(CC(C)(C)C)N(C)[SiH3])O2. The molecule has 2 heterocycles. The average molecular weight is 889 g/mol. The summed E-state index contributed by atoms with van der Waals surface area (Å²) in [4.78, 5) is 54.8. The van der Waals surface area contributed by atoms with Crippen LogP contribution in [0.5, 0.6) is 17.2 Å². The first kappa shape index (κ1) is 48.5. The Hall–Kier alpha value is -4.51. The second kappa shape index (κ2) is 17.9. The lowest BCUT2D eigenvalue weighted by atomic mass is 9.80. The largest absolute Gasteiger partial charge is 0.492 e. The van der Waals surface area contributed by atoms with E-state index >= 15 is 4.79 Å². The Balaban J connectivity index is 1.45. The van der Waals surface area contributed by atoms with Crippen LogP contribution in [-0.4, -0.2) is 109 Å². The molecule has 14 heteroatoms. The van der Waals surface area contributed by atoms with Crippen LogP contribution in [-0.2, 0) is 30.5 Å². The Morgan fingerprint density at radius 1 is 0.839 bits per heavy atom. The molecule has 2 aliphatic rings. The van der Waals surface area contributed by atoms with E-state index in [1.165, 1.54) is 0 Å². The minimum atomic E-state index is -1.82. The molecule has 0 amide bonds. The van der Waals surface area contributed by atoms with Gasteiger partial charge in [0.25, 0.3) is 0 Å². The number of fused-ring (bicyclic) bond motifs is 2. The van der Waals surface area contributed by atoms with Crippen LogP contribution in [0.4, 0.5) is 0 Å². The second-order valence-electron chi connectivity index (χ2n) is 20.7. The first-order valence-electron chi connectivity index (χ1n) is 21.4. The van der Waals surface area contributed by atoms with Gasteiger partial charge in [-0.25, -0.2) is 0 Å². The van der Waals surface area contributed by atoms with Crippen molar-refractivity contribution in [2.24, 2.45) is 16.7 Å². The summed E-state index contributed by atoms with van der Waals surface area (Å²) in [6, 6.07) is 15.2. The summed E-state index contributed by atoms with van der Waals surface area (Å²) in [6.45, 7) is 21.4. The van der Waals surface area contributed by atoms with Gasteiger partial charge in [0.2, 0.25) is 11.4 Å². The molecule has 2 aliphatic heterocycles. The van der Waals surface area contributed by atoms with E-state index in [0.29, 0.717) is 68.6 Å². The summed E-state index contributed by atoms with van der Waals surface area (Å²) >= 11 is 0. The molecular formula is C48H68N2O10Si2. The zero-order valence-electron chi connectivity index (χ0n) is 39.5. The van der Waals surface area contributed by atoms with Gasteiger partial charge in [-0.15, -0.1) is 0 Å². The maximum absolute atomic E-state index is 15.0. The quantitative estimate of drug-likeness (QED) is 0.134. The highest BCUT2D eigenvalue weighted by atomic mass is 28.2. The van der Waals surface area contributed by atoms with Gasteiger partial charge in [0, 0.05) is 17.5 Å². The molecule has 62 heavy (non-hydrogen) atoms. The van der Waals surface area contributed by atoms with E-state index in [4.69, 9.17) is 23.7 Å². The van der Waals surface area contributed by atoms with Crippen LogP contribution in [0, 0.1) is 30.6 Å². The Morgan fingerprint density at radius 2 is 1.40 bits per heavy atom. The number of aliphatic carboxylic acids is 1. The Labute approximate surface area is 374 Å². The van der Waals surface area contributed by atoms with Crippen LogP contribution in [0.25, 0.3) is 11.1 Å². The third-order valence-electron chi connectivity index (χ3n) is 12.6. The number of nitrogens with zero attached hydrogens (tertiary/aromatic N) is 2. The smallest absolute Gasteiger partial charge is 0.325 e. The van der Waals surface area contributed by atoms with Crippen LogP contribution in [0.1, 0.15) is 114 Å². The van der Waals surface area contributed by atoms with E-state index in [0.717, 1.165) is 27.8 Å². The van der Waals surface area contributed by atoms with Crippen LogP contribution in [0.15, 0.2) is 48.5 Å². The van der Waals surface area contributed by atoms with E-state index < -0.39 is 59.5 Å². The highest BCUT2D eigenvalue weighted by molar-refractivity contribution is 6.11. The van der Waals surface area contributed by atoms with Crippen LogP contribution in [0.3, 0.4) is 0 Å². The number of hydrogen-bond donors (Lipinski definition) is 1. The van der Waals surface area contributed by atoms with Gasteiger partial charge in [-0.2, -0.15) is 0 Å². The molecule has 3 aromatic carbocycles. The van der Waals surface area contributed by atoms with E-state index in [1.807, 2.05) is 93.4 Å². The van der Waals surface area contributed by atoms with Crippen LogP contribution in [0.2, 0.25) is 0 Å². The number of Topliss-reactive ketones (excluding diaryl/α,β-unsaturated/α-hetero) is 1. The molecule has 0 aromatic heterocycles. The van der Waals surface area contributed by atoms with Crippen molar-refractivity contribution in [1.29, 1.82) is 0 Å². The minimum absolute atomic E-state index is 0.193. The number of hydrogen-bond acceptors (Lipinski definition) is 11. The highest BCUT2D eigenvalue weighted by Gasteiger charge is 2.54. The number of carbonyl (C=O) groups is 4. The molecule has 0 saturated heterocycles. The first-order valence-corrected chi connectivity index (χ1v) is 23.2. The number of carbonyl (C=O) groups excluding carboxylic acids is 3. The van der Waals surface area contributed by atoms with Gasteiger partial charge < -0.3 is 37.9 Å². The summed E-state index contributed by atoms with van der Waals surface area (Å²) in [5.41, 5.74) is 1.27. The van der Waals surface area contributed by atoms with Gasteiger partial charge >= 0.3 is 17.9 Å². The van der Waals surface area contributed by atoms with Crippen molar-refractivity contribution in [3.05, 3.63) is 76.3 Å². The number of carboxylic acid groups (broad SMARTS) is 1. The number of aryl methyl sites for hydroxylation is 1. The summed E-state index contributed by atoms with van der Waals surface area (Å²) in [5.74, 6) is -1.46. The predicted octanol–water partition coefficient (Wildman–Crippen LogP) is 5.96. The molecule has 3 unspecified atom stereocenters. The number of likely N-dealkylation sites (N-methyl/N-ethyl adjacent to an activating group) is 2. The second-order valence-corrected chi connectivity index (χ2v) is 23.4. The molecule has 12 nitrogen and oxygen atoms in total. The number of ether oxygens (including phenoxy) is 5. The fourth-order valence-electron chi connectivity index (χ4n) is 8.91. The van der Waals surface area contributed by atoms with Gasteiger partial charge in [0.15, 0.2) is 0 Å². The molecular weight excluding hydrogens is 821 g/mol. The normalized spacial score (nSPS) is 19.9.